The Hall–Kier alpha value is -0.530. The van der Waals surface area contributed by atoms with E-state index in [9.17, 15) is 30.7 Å². The van der Waals surface area contributed by atoms with Gasteiger partial charge in [-0.25, -0.2) is 30.7 Å². The summed E-state index contributed by atoms with van der Waals surface area (Å²) < 4.78 is 99.7. The Morgan fingerprint density at radius 1 is 0.810 bits per heavy atom. The number of alkyl halides is 7. The molecule has 0 aromatic heterocycles. The molecule has 0 aliphatic rings. The fourth-order valence-electron chi connectivity index (χ4n) is 1.91. The molecule has 0 rings (SSSR count). The van der Waals surface area contributed by atoms with E-state index in [1.807, 2.05) is 0 Å². The van der Waals surface area contributed by atoms with Crippen LogP contribution in [0.4, 0.5) is 30.7 Å². The van der Waals surface area contributed by atoms with Crippen LogP contribution in [0, 0.1) is 5.41 Å². The van der Waals surface area contributed by atoms with Crippen LogP contribution < -0.4 is 0 Å². The predicted molar refractivity (Wildman–Crippen MR) is 64.6 cm³/mol. The molecule has 128 valence electrons. The van der Waals surface area contributed by atoms with Gasteiger partial charge in [0.15, 0.2) is 0 Å². The third-order valence-corrected chi connectivity index (χ3v) is 3.88. The van der Waals surface area contributed by atoms with Crippen molar-refractivity contribution in [2.75, 3.05) is 0 Å². The lowest BCUT2D eigenvalue weighted by atomic mass is 9.71. The summed E-state index contributed by atoms with van der Waals surface area (Å²) in [6.45, 7) is 3.26. The maximum absolute atomic E-state index is 14.9. The van der Waals surface area contributed by atoms with Crippen molar-refractivity contribution in [3.05, 3.63) is 0 Å². The molecular weight excluding hydrogens is 305 g/mol. The molecule has 0 aliphatic heterocycles. The van der Waals surface area contributed by atoms with Crippen molar-refractivity contribution < 1.29 is 35.5 Å². The molecule has 2 unspecified atom stereocenters. The van der Waals surface area contributed by atoms with Crippen molar-refractivity contribution >= 4 is 0 Å². The predicted octanol–water partition coefficient (Wildman–Crippen LogP) is 5.44. The zero-order valence-corrected chi connectivity index (χ0v) is 12.8. The van der Waals surface area contributed by atoms with E-state index >= 15 is 0 Å². The van der Waals surface area contributed by atoms with E-state index in [0.29, 0.717) is 20.8 Å². The highest BCUT2D eigenvalue weighted by Gasteiger charge is 2.72. The average Bonchev–Trinajstić information content (AvgIpc) is 2.23. The maximum atomic E-state index is 14.9. The number of halogens is 7. The number of hydrogen-bond acceptors (Lipinski definition) is 1. The molecule has 0 aliphatic carbocycles. The molecule has 0 saturated carbocycles. The first kappa shape index (κ1) is 20.5. The van der Waals surface area contributed by atoms with Gasteiger partial charge < -0.3 is 4.74 Å². The topological polar surface area (TPSA) is 9.23 Å². The minimum Gasteiger partial charge on any atom is -0.328 e. The summed E-state index contributed by atoms with van der Waals surface area (Å²) in [5.74, 6) is -12.6. The highest BCUT2D eigenvalue weighted by Crippen LogP contribution is 2.57. The number of ether oxygens (including phenoxy) is 1. The summed E-state index contributed by atoms with van der Waals surface area (Å²) in [6, 6.07) is 0. The average molecular weight is 326 g/mol. The summed E-state index contributed by atoms with van der Waals surface area (Å²) in [6.07, 6.45) is -4.07. The Kier molecular flexibility index (Phi) is 5.45. The van der Waals surface area contributed by atoms with Gasteiger partial charge in [-0.3, -0.25) is 0 Å². The van der Waals surface area contributed by atoms with Crippen molar-refractivity contribution in [1.29, 1.82) is 0 Å². The third kappa shape index (κ3) is 3.46. The summed E-state index contributed by atoms with van der Waals surface area (Å²) in [5.41, 5.74) is -5.65. The molecule has 0 amide bonds. The summed E-state index contributed by atoms with van der Waals surface area (Å²) in [5, 5.41) is 0. The molecule has 0 heterocycles. The van der Waals surface area contributed by atoms with Crippen LogP contribution in [0.25, 0.3) is 0 Å². The van der Waals surface area contributed by atoms with Gasteiger partial charge in [-0.15, -0.1) is 0 Å². The number of hydrogen-bond donors (Lipinski definition) is 0. The first-order valence-electron chi connectivity index (χ1n) is 6.39. The van der Waals surface area contributed by atoms with Crippen LogP contribution in [0.1, 0.15) is 48.0 Å². The molecule has 2 atom stereocenters. The standard InChI is InChI=1S/C13H21F7O/c1-7-10(4,11(5,16)17)13(20,12(6,18)19)21-9(2,3)8(14)15/h8H,7H2,1-6H3. The molecule has 21 heavy (non-hydrogen) atoms. The lowest BCUT2D eigenvalue weighted by molar-refractivity contribution is -0.393. The van der Waals surface area contributed by atoms with Gasteiger partial charge in [0.25, 0.3) is 18.2 Å². The minimum absolute atomic E-state index is 0.0359. The molecule has 1 nitrogen and oxygen atoms in total. The van der Waals surface area contributed by atoms with Crippen LogP contribution in [0.2, 0.25) is 0 Å². The van der Waals surface area contributed by atoms with Crippen molar-refractivity contribution in [2.24, 2.45) is 5.41 Å². The summed E-state index contributed by atoms with van der Waals surface area (Å²) >= 11 is 0. The largest absolute Gasteiger partial charge is 0.328 e. The molecular formula is C13H21F7O. The van der Waals surface area contributed by atoms with Crippen molar-refractivity contribution in [3.8, 4) is 0 Å². The lowest BCUT2D eigenvalue weighted by Crippen LogP contribution is -2.65. The van der Waals surface area contributed by atoms with E-state index in [1.54, 1.807) is 0 Å². The van der Waals surface area contributed by atoms with Crippen LogP contribution in [0.5, 0.6) is 0 Å². The van der Waals surface area contributed by atoms with Gasteiger partial charge in [0.05, 0.1) is 5.41 Å². The Morgan fingerprint density at radius 3 is 1.38 bits per heavy atom. The van der Waals surface area contributed by atoms with Gasteiger partial charge in [-0.05, 0) is 27.2 Å². The Balaban J connectivity index is 6.13. The molecule has 0 spiro atoms. The van der Waals surface area contributed by atoms with Crippen LogP contribution in [0.3, 0.4) is 0 Å². The molecule has 0 aromatic carbocycles. The van der Waals surface area contributed by atoms with Gasteiger partial charge in [0, 0.05) is 13.8 Å². The second kappa shape index (κ2) is 5.59. The first-order chi connectivity index (χ1) is 8.96. The summed E-state index contributed by atoms with van der Waals surface area (Å²) in [7, 11) is 0. The van der Waals surface area contributed by atoms with Gasteiger partial charge in [-0.2, -0.15) is 0 Å². The Bertz CT molecular complexity index is 359. The minimum atomic E-state index is -4.41. The Morgan fingerprint density at radius 2 is 1.19 bits per heavy atom. The second-order valence-electron chi connectivity index (χ2n) is 6.06. The van der Waals surface area contributed by atoms with E-state index in [2.05, 4.69) is 4.74 Å². The molecule has 0 N–H and O–H groups in total. The highest BCUT2D eigenvalue weighted by molar-refractivity contribution is 5.04. The molecule has 0 bridgehead atoms. The van der Waals surface area contributed by atoms with E-state index in [-0.39, 0.29) is 13.8 Å². The van der Waals surface area contributed by atoms with Crippen LogP contribution in [-0.2, 0) is 4.74 Å². The Labute approximate surface area is 119 Å². The van der Waals surface area contributed by atoms with Crippen molar-refractivity contribution in [3.63, 3.8) is 0 Å². The summed E-state index contributed by atoms with van der Waals surface area (Å²) in [4.78, 5) is 0. The van der Waals surface area contributed by atoms with Gasteiger partial charge in [0.2, 0.25) is 0 Å². The van der Waals surface area contributed by atoms with Gasteiger partial charge >= 0.3 is 5.92 Å². The lowest BCUT2D eigenvalue weighted by Gasteiger charge is -2.50. The highest BCUT2D eigenvalue weighted by atomic mass is 19.3. The van der Waals surface area contributed by atoms with Crippen molar-refractivity contribution in [2.45, 2.75) is 77.7 Å². The monoisotopic (exact) mass is 326 g/mol. The molecule has 0 saturated heterocycles. The molecule has 0 fully saturated rings. The van der Waals surface area contributed by atoms with E-state index in [4.69, 9.17) is 0 Å². The molecule has 8 heteroatoms. The van der Waals surface area contributed by atoms with E-state index in [1.165, 1.54) is 0 Å². The van der Waals surface area contributed by atoms with E-state index in [0.717, 1.165) is 6.92 Å². The normalized spacial score (nSPS) is 20.3. The molecule has 0 radical (unpaired) electrons. The van der Waals surface area contributed by atoms with Crippen molar-refractivity contribution in [1.82, 2.24) is 0 Å². The van der Waals surface area contributed by atoms with Gasteiger partial charge in [0.1, 0.15) is 5.60 Å². The van der Waals surface area contributed by atoms with Crippen LogP contribution in [0.15, 0.2) is 0 Å². The third-order valence-electron chi connectivity index (χ3n) is 3.88. The zero-order valence-electron chi connectivity index (χ0n) is 12.8. The maximum Gasteiger partial charge on any atom is 0.303 e. The fraction of sp³-hybridized carbons (Fsp3) is 1.00. The van der Waals surface area contributed by atoms with Crippen LogP contribution >= 0.6 is 0 Å². The van der Waals surface area contributed by atoms with E-state index < -0.39 is 41.6 Å². The van der Waals surface area contributed by atoms with Gasteiger partial charge in [-0.1, -0.05) is 6.92 Å². The molecule has 0 aromatic rings. The zero-order chi connectivity index (χ0) is 17.5. The fourth-order valence-corrected chi connectivity index (χ4v) is 1.91. The quantitative estimate of drug-likeness (QED) is 0.566. The number of rotatable bonds is 7. The SMILES string of the molecule is CCC(C)(C(C)(F)F)C(F)(OC(C)(C)C(F)F)C(C)(F)F. The smallest absolute Gasteiger partial charge is 0.303 e. The van der Waals surface area contributed by atoms with Crippen LogP contribution in [-0.4, -0.2) is 29.7 Å². The second-order valence-corrected chi connectivity index (χ2v) is 6.06. The first-order valence-corrected chi connectivity index (χ1v) is 6.39.